The van der Waals surface area contributed by atoms with E-state index in [0.717, 1.165) is 19.3 Å². The van der Waals surface area contributed by atoms with Gasteiger partial charge >= 0.3 is 0 Å². The fourth-order valence-electron chi connectivity index (χ4n) is 1.95. The predicted molar refractivity (Wildman–Crippen MR) is 68.8 cm³/mol. The maximum absolute atomic E-state index is 10.3. The van der Waals surface area contributed by atoms with E-state index in [1.807, 2.05) is 13.8 Å². The van der Waals surface area contributed by atoms with Gasteiger partial charge < -0.3 is 5.11 Å². The van der Waals surface area contributed by atoms with Gasteiger partial charge in [-0.2, -0.15) is 4.99 Å². The molecule has 0 aliphatic carbocycles. The number of aliphatic imine (C=N–C) groups is 2. The van der Waals surface area contributed by atoms with E-state index in [1.165, 1.54) is 12.2 Å². The number of hydrogen-bond acceptors (Lipinski definition) is 5. The first-order valence-electron chi connectivity index (χ1n) is 6.44. The van der Waals surface area contributed by atoms with Crippen molar-refractivity contribution in [2.24, 2.45) is 15.9 Å². The highest BCUT2D eigenvalue weighted by atomic mass is 16.3. The summed E-state index contributed by atoms with van der Waals surface area (Å²) in [7, 11) is 0. The molecule has 0 heterocycles. The van der Waals surface area contributed by atoms with Crippen LogP contribution in [0.25, 0.3) is 0 Å². The Hall–Kier alpha value is -1.28. The lowest BCUT2D eigenvalue weighted by molar-refractivity contribution is 0.123. The minimum atomic E-state index is -0.577. The molecule has 5 nitrogen and oxygen atoms in total. The molecule has 1 N–H and O–H groups in total. The van der Waals surface area contributed by atoms with Gasteiger partial charge in [0.1, 0.15) is 0 Å². The molecule has 0 aliphatic rings. The molecule has 0 radical (unpaired) electrons. The summed E-state index contributed by atoms with van der Waals surface area (Å²) in [5.41, 5.74) is 0. The van der Waals surface area contributed by atoms with Crippen LogP contribution in [0.15, 0.2) is 9.98 Å². The molecular formula is C13H22N2O3. The molecule has 0 fully saturated rings. The van der Waals surface area contributed by atoms with E-state index in [-0.39, 0.29) is 6.04 Å². The Morgan fingerprint density at radius 3 is 2.50 bits per heavy atom. The lowest BCUT2D eigenvalue weighted by atomic mass is 9.93. The smallest absolute Gasteiger partial charge is 0.235 e. The minimum absolute atomic E-state index is 0.320. The van der Waals surface area contributed by atoms with E-state index >= 15 is 0 Å². The first kappa shape index (κ1) is 16.7. The third kappa shape index (κ3) is 7.91. The highest BCUT2D eigenvalue weighted by Crippen LogP contribution is 2.19. The van der Waals surface area contributed by atoms with E-state index < -0.39 is 6.10 Å². The molecule has 0 rings (SSSR count). The number of aliphatic hydroxyl groups excluding tert-OH is 1. The molecule has 0 aromatic heterocycles. The lowest BCUT2D eigenvalue weighted by Crippen LogP contribution is -2.26. The maximum atomic E-state index is 10.3. The summed E-state index contributed by atoms with van der Waals surface area (Å²) in [6, 6.07) is -0.368. The molecule has 18 heavy (non-hydrogen) atoms. The lowest BCUT2D eigenvalue weighted by Gasteiger charge is -2.20. The number of nitrogens with zero attached hydrogens (tertiary/aromatic N) is 2. The molecule has 5 heteroatoms. The molecule has 0 bridgehead atoms. The van der Waals surface area contributed by atoms with Crippen molar-refractivity contribution in [1.29, 1.82) is 0 Å². The summed E-state index contributed by atoms with van der Waals surface area (Å²) < 4.78 is 0. The third-order valence-corrected chi connectivity index (χ3v) is 2.92. The van der Waals surface area contributed by atoms with Crippen LogP contribution in [-0.2, 0) is 9.59 Å². The summed E-state index contributed by atoms with van der Waals surface area (Å²) in [6.07, 6.45) is 6.29. The molecule has 102 valence electrons. The number of carbonyl (C=O) groups excluding carboxylic acids is 2. The zero-order valence-electron chi connectivity index (χ0n) is 11.1. The number of aliphatic hydroxyl groups is 1. The maximum Gasteiger partial charge on any atom is 0.235 e. The molecule has 0 aromatic carbocycles. The molecule has 0 spiro atoms. The van der Waals surface area contributed by atoms with E-state index in [0.29, 0.717) is 25.3 Å². The summed E-state index contributed by atoms with van der Waals surface area (Å²) in [4.78, 5) is 27.4. The van der Waals surface area contributed by atoms with Gasteiger partial charge in [-0.25, -0.2) is 14.6 Å². The van der Waals surface area contributed by atoms with Crippen molar-refractivity contribution >= 4 is 12.2 Å². The van der Waals surface area contributed by atoms with Crippen LogP contribution in [-0.4, -0.2) is 36.0 Å². The molecule has 3 atom stereocenters. The Labute approximate surface area is 108 Å². The first-order valence-corrected chi connectivity index (χ1v) is 6.44. The summed E-state index contributed by atoms with van der Waals surface area (Å²) >= 11 is 0. The largest absolute Gasteiger partial charge is 0.391 e. The highest BCUT2D eigenvalue weighted by Gasteiger charge is 2.20. The van der Waals surface area contributed by atoms with Crippen LogP contribution >= 0.6 is 0 Å². The van der Waals surface area contributed by atoms with Crippen LogP contribution in [0.3, 0.4) is 0 Å². The SMILES string of the molecule is CCCC(O)C(CC(C)CCCN=C=O)N=C=O. The molecule has 0 saturated heterocycles. The number of isocyanates is 2. The number of hydrogen-bond donors (Lipinski definition) is 1. The molecule has 0 amide bonds. The van der Waals surface area contributed by atoms with Crippen molar-refractivity contribution in [1.82, 2.24) is 0 Å². The van der Waals surface area contributed by atoms with Crippen LogP contribution in [0.1, 0.15) is 46.0 Å². The summed E-state index contributed by atoms with van der Waals surface area (Å²) in [5.74, 6) is 0.320. The first-order chi connectivity index (χ1) is 8.65. The summed E-state index contributed by atoms with van der Waals surface area (Å²) in [5, 5.41) is 9.86. The van der Waals surface area contributed by atoms with Crippen LogP contribution in [0, 0.1) is 5.92 Å². The van der Waals surface area contributed by atoms with Crippen molar-refractivity contribution in [2.75, 3.05) is 6.54 Å². The highest BCUT2D eigenvalue weighted by molar-refractivity contribution is 5.33. The number of rotatable bonds is 10. The van der Waals surface area contributed by atoms with Crippen molar-refractivity contribution in [3.63, 3.8) is 0 Å². The van der Waals surface area contributed by atoms with E-state index in [1.54, 1.807) is 0 Å². The van der Waals surface area contributed by atoms with Gasteiger partial charge in [-0.1, -0.05) is 20.3 Å². The standard InChI is InChI=1S/C13H22N2O3/c1-3-5-13(18)12(15-10-17)8-11(2)6-4-7-14-9-16/h11-13,18H,3-8H2,1-2H3. The van der Waals surface area contributed by atoms with E-state index in [4.69, 9.17) is 0 Å². The second kappa shape index (κ2) is 10.8. The minimum Gasteiger partial charge on any atom is -0.391 e. The second-order valence-corrected chi connectivity index (χ2v) is 4.60. The van der Waals surface area contributed by atoms with E-state index in [2.05, 4.69) is 9.98 Å². The van der Waals surface area contributed by atoms with Crippen molar-refractivity contribution in [3.8, 4) is 0 Å². The summed E-state index contributed by atoms with van der Waals surface area (Å²) in [6.45, 7) is 4.50. The van der Waals surface area contributed by atoms with Gasteiger partial charge in [0.15, 0.2) is 0 Å². The Morgan fingerprint density at radius 1 is 1.22 bits per heavy atom. The predicted octanol–water partition coefficient (Wildman–Crippen LogP) is 1.99. The monoisotopic (exact) mass is 254 g/mol. The fourth-order valence-corrected chi connectivity index (χ4v) is 1.95. The van der Waals surface area contributed by atoms with Gasteiger partial charge in [0.25, 0.3) is 0 Å². The van der Waals surface area contributed by atoms with Crippen LogP contribution < -0.4 is 0 Å². The van der Waals surface area contributed by atoms with Crippen LogP contribution in [0.2, 0.25) is 0 Å². The fraction of sp³-hybridized carbons (Fsp3) is 0.846. The zero-order chi connectivity index (χ0) is 13.8. The van der Waals surface area contributed by atoms with Gasteiger partial charge in [-0.15, -0.1) is 0 Å². The average Bonchev–Trinajstić information content (AvgIpc) is 2.34. The van der Waals surface area contributed by atoms with Crippen LogP contribution in [0.5, 0.6) is 0 Å². The second-order valence-electron chi connectivity index (χ2n) is 4.60. The van der Waals surface area contributed by atoms with Crippen molar-refractivity contribution in [3.05, 3.63) is 0 Å². The Balaban J connectivity index is 4.14. The Bertz CT molecular complexity index is 307. The van der Waals surface area contributed by atoms with Gasteiger partial charge in [0, 0.05) is 0 Å². The quantitative estimate of drug-likeness (QED) is 0.368. The third-order valence-electron chi connectivity index (χ3n) is 2.92. The average molecular weight is 254 g/mol. The van der Waals surface area contributed by atoms with Crippen molar-refractivity contribution < 1.29 is 14.7 Å². The van der Waals surface area contributed by atoms with Gasteiger partial charge in [-0.3, -0.25) is 0 Å². The van der Waals surface area contributed by atoms with Gasteiger partial charge in [-0.05, 0) is 31.6 Å². The molecule has 0 aromatic rings. The normalized spacial score (nSPS) is 15.1. The van der Waals surface area contributed by atoms with Gasteiger partial charge in [0.2, 0.25) is 12.2 Å². The Morgan fingerprint density at radius 2 is 1.94 bits per heavy atom. The Kier molecular flexibility index (Phi) is 10.1. The van der Waals surface area contributed by atoms with Gasteiger partial charge in [0.05, 0.1) is 18.7 Å². The zero-order valence-corrected chi connectivity index (χ0v) is 11.1. The van der Waals surface area contributed by atoms with E-state index in [9.17, 15) is 14.7 Å². The van der Waals surface area contributed by atoms with Crippen LogP contribution in [0.4, 0.5) is 0 Å². The molecule has 3 unspecified atom stereocenters. The topological polar surface area (TPSA) is 79.1 Å². The molecule has 0 saturated carbocycles. The van der Waals surface area contributed by atoms with Crippen molar-refractivity contribution in [2.45, 2.75) is 58.1 Å². The molecular weight excluding hydrogens is 232 g/mol. The molecule has 0 aliphatic heterocycles.